The van der Waals surface area contributed by atoms with Gasteiger partial charge in [0.15, 0.2) is 5.17 Å². The topological polar surface area (TPSA) is 37.3 Å². The normalized spacial score (nSPS) is 20.2. The largest absolute Gasteiger partial charge is 0.497 e. The first-order chi connectivity index (χ1) is 18.5. The van der Waals surface area contributed by atoms with Crippen LogP contribution in [0, 0.1) is 5.82 Å². The van der Waals surface area contributed by atoms with E-state index in [9.17, 15) is 4.39 Å². The van der Waals surface area contributed by atoms with Gasteiger partial charge in [-0.15, -0.1) is 0 Å². The van der Waals surface area contributed by atoms with Gasteiger partial charge in [-0.2, -0.15) is 0 Å². The quantitative estimate of drug-likeness (QED) is 0.376. The highest BCUT2D eigenvalue weighted by Crippen LogP contribution is 2.49. The van der Waals surface area contributed by atoms with Crippen LogP contribution in [-0.4, -0.2) is 49.3 Å². The number of hydrogen-bond donors (Lipinski definition) is 0. The molecule has 0 fully saturated rings. The summed E-state index contributed by atoms with van der Waals surface area (Å²) in [4.78, 5) is 9.85. The number of rotatable bonds is 5. The molecule has 192 valence electrons. The van der Waals surface area contributed by atoms with Crippen molar-refractivity contribution < 1.29 is 13.9 Å². The molecule has 5 nitrogen and oxygen atoms in total. The van der Waals surface area contributed by atoms with Crippen LogP contribution in [0.15, 0.2) is 100 Å². The molecule has 3 aliphatic rings. The van der Waals surface area contributed by atoms with Crippen LogP contribution in [0.2, 0.25) is 0 Å². The van der Waals surface area contributed by atoms with Crippen LogP contribution in [0.5, 0.6) is 11.5 Å². The fourth-order valence-electron chi connectivity index (χ4n) is 5.24. The number of nitrogens with zero attached hydrogens (tertiary/aromatic N) is 3. The third-order valence-corrected chi connectivity index (χ3v) is 7.89. The summed E-state index contributed by atoms with van der Waals surface area (Å²) in [6.45, 7) is 1.60. The molecular formula is C31H28FN3O2S. The Labute approximate surface area is 226 Å². The first-order valence-corrected chi connectivity index (χ1v) is 13.3. The average Bonchev–Trinajstić information content (AvgIpc) is 3.36. The third kappa shape index (κ3) is 4.52. The number of methoxy groups -OCH3 is 2. The van der Waals surface area contributed by atoms with Gasteiger partial charge in [-0.25, -0.2) is 9.38 Å². The van der Waals surface area contributed by atoms with Crippen molar-refractivity contribution in [2.24, 2.45) is 4.99 Å². The molecule has 0 saturated heterocycles. The van der Waals surface area contributed by atoms with Crippen molar-refractivity contribution in [3.63, 3.8) is 0 Å². The number of likely N-dealkylation sites (N-methyl/N-ethyl adjacent to an activating group) is 1. The number of benzene rings is 3. The zero-order chi connectivity index (χ0) is 26.2. The second-order valence-corrected chi connectivity index (χ2v) is 10.4. The standard InChI is InChI=1S/C31H28FN3O2S/c1-34-17-23(16-20-4-12-25(36-2)13-5-20)29-27(18-34)30(22-8-14-26(37-3)15-9-22)35-28(19-38-31(35)33-29)21-6-10-24(32)11-7-21/h4-16,19,30H,17-18H2,1-3H3/b23-16+. The van der Waals surface area contributed by atoms with E-state index in [2.05, 4.69) is 52.6 Å². The summed E-state index contributed by atoms with van der Waals surface area (Å²) >= 11 is 1.61. The van der Waals surface area contributed by atoms with Crippen molar-refractivity contribution in [3.8, 4) is 11.5 Å². The number of hydrogen-bond acceptors (Lipinski definition) is 6. The predicted molar refractivity (Wildman–Crippen MR) is 152 cm³/mol. The Morgan fingerprint density at radius 2 is 1.55 bits per heavy atom. The van der Waals surface area contributed by atoms with Gasteiger partial charge in [0.25, 0.3) is 0 Å². The van der Waals surface area contributed by atoms with Crippen LogP contribution in [0.25, 0.3) is 11.8 Å². The van der Waals surface area contributed by atoms with E-state index in [4.69, 9.17) is 14.5 Å². The summed E-state index contributed by atoms with van der Waals surface area (Å²) in [7, 11) is 5.50. The van der Waals surface area contributed by atoms with Crippen molar-refractivity contribution in [3.05, 3.63) is 118 Å². The van der Waals surface area contributed by atoms with Crippen LogP contribution < -0.4 is 9.47 Å². The smallest absolute Gasteiger partial charge is 0.174 e. The molecule has 38 heavy (non-hydrogen) atoms. The Bertz CT molecular complexity index is 1480. The lowest BCUT2D eigenvalue weighted by Crippen LogP contribution is -2.40. The molecule has 0 bridgehead atoms. The van der Waals surface area contributed by atoms with Gasteiger partial charge >= 0.3 is 0 Å². The summed E-state index contributed by atoms with van der Waals surface area (Å²) in [6, 6.07) is 23.0. The minimum absolute atomic E-state index is 0.0586. The van der Waals surface area contributed by atoms with Crippen molar-refractivity contribution in [2.45, 2.75) is 6.04 Å². The molecular weight excluding hydrogens is 497 g/mol. The van der Waals surface area contributed by atoms with Gasteiger partial charge in [-0.3, -0.25) is 4.90 Å². The number of aliphatic imine (C=N–C) groups is 1. The Balaban J connectivity index is 1.48. The van der Waals surface area contributed by atoms with Gasteiger partial charge < -0.3 is 14.4 Å². The van der Waals surface area contributed by atoms with Crippen molar-refractivity contribution in [1.82, 2.24) is 9.80 Å². The molecule has 0 N–H and O–H groups in total. The summed E-state index contributed by atoms with van der Waals surface area (Å²) in [6.07, 6.45) is 2.23. The highest BCUT2D eigenvalue weighted by atomic mass is 32.2. The van der Waals surface area contributed by atoms with Crippen molar-refractivity contribution >= 4 is 28.7 Å². The van der Waals surface area contributed by atoms with Crippen LogP contribution >= 0.6 is 11.8 Å². The Kier molecular flexibility index (Phi) is 6.55. The lowest BCUT2D eigenvalue weighted by atomic mass is 9.88. The highest BCUT2D eigenvalue weighted by molar-refractivity contribution is 8.16. The number of fused-ring (bicyclic) bond motifs is 1. The molecule has 1 atom stereocenters. The molecule has 0 aromatic heterocycles. The molecule has 0 amide bonds. The molecule has 6 rings (SSSR count). The van der Waals surface area contributed by atoms with E-state index >= 15 is 0 Å². The molecule has 1 unspecified atom stereocenters. The molecule has 0 saturated carbocycles. The first-order valence-electron chi connectivity index (χ1n) is 12.5. The van der Waals surface area contributed by atoms with E-state index in [0.717, 1.165) is 57.8 Å². The highest BCUT2D eigenvalue weighted by Gasteiger charge is 2.41. The fraction of sp³-hybridized carbons (Fsp3) is 0.194. The van der Waals surface area contributed by atoms with E-state index in [0.29, 0.717) is 0 Å². The molecule has 0 aliphatic carbocycles. The maximum Gasteiger partial charge on any atom is 0.174 e. The van der Waals surface area contributed by atoms with Crippen molar-refractivity contribution in [1.29, 1.82) is 0 Å². The Morgan fingerprint density at radius 1 is 0.895 bits per heavy atom. The van der Waals surface area contributed by atoms with Crippen LogP contribution in [0.4, 0.5) is 4.39 Å². The maximum absolute atomic E-state index is 13.7. The van der Waals surface area contributed by atoms with E-state index in [1.54, 1.807) is 26.0 Å². The zero-order valence-electron chi connectivity index (χ0n) is 21.5. The molecule has 3 aromatic rings. The predicted octanol–water partition coefficient (Wildman–Crippen LogP) is 6.58. The molecule has 3 aromatic carbocycles. The lowest BCUT2D eigenvalue weighted by Gasteiger charge is -2.42. The molecule has 3 heterocycles. The second kappa shape index (κ2) is 10.2. The average molecular weight is 526 g/mol. The summed E-state index contributed by atoms with van der Waals surface area (Å²) in [5.74, 6) is 1.41. The van der Waals surface area contributed by atoms with Gasteiger partial charge in [0.2, 0.25) is 0 Å². The van der Waals surface area contributed by atoms with Gasteiger partial charge in [-0.1, -0.05) is 36.0 Å². The monoisotopic (exact) mass is 525 g/mol. The molecule has 0 spiro atoms. The maximum atomic E-state index is 13.7. The van der Waals surface area contributed by atoms with E-state index in [-0.39, 0.29) is 11.9 Å². The first kappa shape index (κ1) is 24.5. The van der Waals surface area contributed by atoms with Crippen LogP contribution in [-0.2, 0) is 0 Å². The van der Waals surface area contributed by atoms with Crippen LogP contribution in [0.1, 0.15) is 22.7 Å². The Morgan fingerprint density at radius 3 is 2.21 bits per heavy atom. The minimum atomic E-state index is -0.244. The van der Waals surface area contributed by atoms with E-state index < -0.39 is 0 Å². The summed E-state index contributed by atoms with van der Waals surface area (Å²) < 4.78 is 24.5. The number of amidine groups is 1. The minimum Gasteiger partial charge on any atom is -0.497 e. The molecule has 7 heteroatoms. The van der Waals surface area contributed by atoms with Crippen LogP contribution in [0.3, 0.4) is 0 Å². The lowest BCUT2D eigenvalue weighted by molar-refractivity contribution is 0.344. The van der Waals surface area contributed by atoms with Gasteiger partial charge in [0.1, 0.15) is 17.3 Å². The van der Waals surface area contributed by atoms with Gasteiger partial charge in [0, 0.05) is 18.5 Å². The number of halogens is 1. The van der Waals surface area contributed by atoms with E-state index in [1.807, 2.05) is 36.4 Å². The molecule has 0 radical (unpaired) electrons. The Hall–Kier alpha value is -3.81. The summed E-state index contributed by atoms with van der Waals surface area (Å²) in [5, 5.41) is 3.05. The fourth-order valence-corrected chi connectivity index (χ4v) is 6.17. The van der Waals surface area contributed by atoms with Gasteiger partial charge in [-0.05, 0) is 89.5 Å². The molecule has 3 aliphatic heterocycles. The third-order valence-electron chi connectivity index (χ3n) is 7.05. The number of ether oxygens (including phenoxy) is 2. The number of thioether (sulfide) groups is 1. The second-order valence-electron chi connectivity index (χ2n) is 9.56. The zero-order valence-corrected chi connectivity index (χ0v) is 22.3. The SMILES string of the molecule is COc1ccc(/C=C2\CN(C)CC3=C2N=C2SC=C(c4ccc(F)cc4)N2C3c2ccc(OC)cc2)cc1. The van der Waals surface area contributed by atoms with Crippen molar-refractivity contribution in [2.75, 3.05) is 34.4 Å². The van der Waals surface area contributed by atoms with Gasteiger partial charge in [0.05, 0.1) is 31.7 Å². The summed E-state index contributed by atoms with van der Waals surface area (Å²) in [5.41, 5.74) is 7.71. The van der Waals surface area contributed by atoms with E-state index in [1.165, 1.54) is 23.3 Å².